The minimum absolute atomic E-state index is 0.790. The molecule has 144 heavy (non-hydrogen) atoms. The maximum atomic E-state index is 5.27. The van der Waals surface area contributed by atoms with E-state index in [1.54, 1.807) is 0 Å². The summed E-state index contributed by atoms with van der Waals surface area (Å²) < 4.78 is 14.1. The summed E-state index contributed by atoms with van der Waals surface area (Å²) in [5.74, 6) is 2.47. The van der Waals surface area contributed by atoms with Crippen molar-refractivity contribution in [2.24, 2.45) is 0 Å². The Bertz CT molecular complexity index is 9820. The van der Waals surface area contributed by atoms with E-state index in [1.807, 2.05) is 110 Å². The summed E-state index contributed by atoms with van der Waals surface area (Å²) in [6.45, 7) is 0. The Morgan fingerprint density at radius 2 is 0.444 bits per heavy atom. The Morgan fingerprint density at radius 1 is 0.153 bits per heavy atom. The van der Waals surface area contributed by atoms with E-state index in [-0.39, 0.29) is 0 Å². The molecule has 0 fully saturated rings. The average molecular weight is 1840 g/mol. The molecule has 0 saturated carbocycles. The molecule has 15 heterocycles. The molecule has 3 aliphatic rings. The van der Waals surface area contributed by atoms with Crippen LogP contribution in [0.4, 0.5) is 0 Å². The third-order valence-electron chi connectivity index (χ3n) is 29.7. The van der Waals surface area contributed by atoms with Gasteiger partial charge in [-0.3, -0.25) is 28.7 Å². The number of pyridine rings is 3. The molecule has 12 aromatic heterocycles. The zero-order valence-electron chi connectivity index (χ0n) is 77.0. The van der Waals surface area contributed by atoms with Crippen molar-refractivity contribution in [1.29, 1.82) is 0 Å². The van der Waals surface area contributed by atoms with Crippen molar-refractivity contribution in [3.05, 3.63) is 456 Å². The van der Waals surface area contributed by atoms with Crippen molar-refractivity contribution in [2.45, 2.75) is 0 Å². The largest absolute Gasteiger partial charge is 0.309 e. The maximum Gasteiger partial charge on any atom is 0.166 e. The lowest BCUT2D eigenvalue weighted by atomic mass is 9.93. The minimum Gasteiger partial charge on any atom is -0.309 e. The number of fused-ring (bicyclic) bond motifs is 36. The third kappa shape index (κ3) is 11.7. The zero-order chi connectivity index (χ0) is 94.0. The molecule has 3 aliphatic heterocycles. The highest BCUT2D eigenvalue weighted by Gasteiger charge is 2.34. The lowest BCUT2D eigenvalue weighted by Crippen LogP contribution is -2.02. The molecule has 0 radical (unpaired) electrons. The molecule has 18 aromatic carbocycles. The average Bonchev–Trinajstić information content (AvgIpc) is 1.55. The summed E-state index contributed by atoms with van der Waals surface area (Å²) in [6.07, 6.45) is 9.52. The predicted octanol–water partition coefficient (Wildman–Crippen LogP) is 31.6. The van der Waals surface area contributed by atoms with E-state index in [4.69, 9.17) is 34.9 Å². The fourth-order valence-corrected chi connectivity index (χ4v) is 23.5. The number of rotatable bonds is 6. The Morgan fingerprint density at radius 3 is 0.833 bits per heavy atom. The van der Waals surface area contributed by atoms with Gasteiger partial charge in [-0.15, -0.1) is 0 Å². The molecule has 0 N–H and O–H groups in total. The molecule has 0 bridgehead atoms. The third-order valence-corrected chi connectivity index (χ3v) is 29.7. The summed E-state index contributed by atoms with van der Waals surface area (Å²) in [7, 11) is 0. The van der Waals surface area contributed by atoms with Crippen molar-refractivity contribution in [1.82, 2.24) is 72.3 Å². The summed E-state index contributed by atoms with van der Waals surface area (Å²) in [5.41, 5.74) is 41.4. The van der Waals surface area contributed by atoms with E-state index in [0.29, 0.717) is 0 Å². The first-order chi connectivity index (χ1) is 71.4. The second kappa shape index (κ2) is 30.9. The molecular formula is C129H75N15. The van der Waals surface area contributed by atoms with E-state index in [2.05, 4.69) is 383 Å². The minimum atomic E-state index is 0.790. The molecule has 0 atom stereocenters. The Balaban J connectivity index is 0.0000000986. The van der Waals surface area contributed by atoms with Gasteiger partial charge in [-0.25, -0.2) is 29.9 Å². The molecule has 0 saturated heterocycles. The van der Waals surface area contributed by atoms with Gasteiger partial charge in [0.05, 0.1) is 99.3 Å². The van der Waals surface area contributed by atoms with Crippen LogP contribution < -0.4 is 0 Å². The fraction of sp³-hybridized carbons (Fsp3) is 0. The van der Waals surface area contributed by atoms with Crippen LogP contribution in [0.15, 0.2) is 456 Å². The first kappa shape index (κ1) is 79.3. The lowest BCUT2D eigenvalue weighted by molar-refractivity contribution is 1.08. The number of para-hydroxylation sites is 15. The van der Waals surface area contributed by atoms with Crippen LogP contribution in [0.5, 0.6) is 0 Å². The second-order valence-electron chi connectivity index (χ2n) is 37.5. The molecule has 33 rings (SSSR count). The van der Waals surface area contributed by atoms with Crippen LogP contribution in [0.2, 0.25) is 0 Å². The standard InChI is InChI=1S/3C43H25N5/c1-2-11-28(12-3-1)47-37-18-8-4-13-29(37)31-21-20-26(25-39(31)47)27-23-33-30-14-5-9-19-38(30)48-42(33)34(24-27)32-15-10-22-44-40(32)41-43(48)46-36-17-7-6-16-35(36)45-41;1-2-10-28(11-3-1)47-38-16-8-4-12-30(38)32-19-18-26(24-40(32)47)27-22-33-29-20-21-44-25-35(29)41-43(46-37-15-7-6-14-36(37)45-41)48-39-17-9-5-13-31(39)34(23-27)42(33)48;1-2-10-28(11-3-1)47-38-16-8-4-12-29(38)31-19-18-26(24-40(31)47)27-22-33-30-13-5-9-17-39(30)48-42(33)34(23-27)35-25-44-21-20-32(35)41-43(48)46-37-15-7-6-14-36(37)45-41/h3*1-25H. The van der Waals surface area contributed by atoms with Gasteiger partial charge in [0, 0.05) is 152 Å². The molecule has 0 spiro atoms. The number of nitrogens with zero attached hydrogens (tertiary/aromatic N) is 15. The predicted molar refractivity (Wildman–Crippen MR) is 588 cm³/mol. The van der Waals surface area contributed by atoms with Crippen LogP contribution in [0.1, 0.15) is 0 Å². The Kier molecular flexibility index (Phi) is 17.0. The summed E-state index contributed by atoms with van der Waals surface area (Å²) in [6, 6.07) is 151. The van der Waals surface area contributed by atoms with Crippen LogP contribution in [0, 0.1) is 0 Å². The Labute approximate surface area is 821 Å². The van der Waals surface area contributed by atoms with Gasteiger partial charge in [-0.1, -0.05) is 243 Å². The van der Waals surface area contributed by atoms with Crippen molar-refractivity contribution >= 4 is 164 Å². The summed E-state index contributed by atoms with van der Waals surface area (Å²) in [4.78, 5) is 45.6. The molecule has 15 heteroatoms. The molecule has 30 aromatic rings. The van der Waals surface area contributed by atoms with E-state index < -0.39 is 0 Å². The van der Waals surface area contributed by atoms with Crippen LogP contribution in [-0.2, 0) is 0 Å². The molecule has 666 valence electrons. The van der Waals surface area contributed by atoms with E-state index in [1.165, 1.54) is 97.7 Å². The van der Waals surface area contributed by atoms with Gasteiger partial charge < -0.3 is 13.7 Å². The first-order valence-electron chi connectivity index (χ1n) is 48.6. The smallest absolute Gasteiger partial charge is 0.166 e. The zero-order valence-corrected chi connectivity index (χ0v) is 77.0. The highest BCUT2D eigenvalue weighted by atomic mass is 15.1. The van der Waals surface area contributed by atoms with Crippen LogP contribution in [0.3, 0.4) is 0 Å². The van der Waals surface area contributed by atoms with Crippen molar-refractivity contribution in [2.75, 3.05) is 0 Å². The number of aromatic nitrogens is 15. The van der Waals surface area contributed by atoms with Crippen LogP contribution in [-0.4, -0.2) is 72.3 Å². The molecule has 0 amide bonds. The van der Waals surface area contributed by atoms with Gasteiger partial charge in [0.25, 0.3) is 0 Å². The van der Waals surface area contributed by atoms with Gasteiger partial charge in [-0.05, 0) is 221 Å². The van der Waals surface area contributed by atoms with Gasteiger partial charge in [0.1, 0.15) is 22.8 Å². The summed E-state index contributed by atoms with van der Waals surface area (Å²) in [5, 5.41) is 14.6. The van der Waals surface area contributed by atoms with Crippen molar-refractivity contribution in [3.8, 4) is 135 Å². The monoisotopic (exact) mass is 1830 g/mol. The summed E-state index contributed by atoms with van der Waals surface area (Å²) >= 11 is 0. The highest BCUT2D eigenvalue weighted by molar-refractivity contribution is 6.23. The van der Waals surface area contributed by atoms with Gasteiger partial charge in [0.15, 0.2) is 17.5 Å². The van der Waals surface area contributed by atoms with Crippen molar-refractivity contribution in [3.63, 3.8) is 0 Å². The lowest BCUT2D eigenvalue weighted by Gasteiger charge is -2.12. The SMILES string of the molecule is c1ccc(-n2c3ccccc3c3ccc(-c4cc5c6c(c4)c4ccccc4n6-c4nc6ccccc6nc4-c4ccncc4-5)cc32)cc1.c1ccc(-n2c3ccccc3c3ccc(-c4cc5c6c(c4)c4ccccc4n6-c4nc6ccccc6nc4-c4cnccc4-5)cc32)cc1.c1ccc(-n2c3ccccc3c3ccc(-c4cc5c6c(c4)c4ccccc4n6-c4nc6ccccc6nc4-c4ncccc4-5)cc32)cc1. The van der Waals surface area contributed by atoms with Crippen molar-refractivity contribution < 1.29 is 0 Å². The highest BCUT2D eigenvalue weighted by Crippen LogP contribution is 2.54. The number of hydrogen-bond donors (Lipinski definition) is 0. The van der Waals surface area contributed by atoms with Gasteiger partial charge in [-0.2, -0.15) is 0 Å². The van der Waals surface area contributed by atoms with Gasteiger partial charge in [0.2, 0.25) is 0 Å². The van der Waals surface area contributed by atoms with E-state index in [9.17, 15) is 0 Å². The molecular weight excluding hydrogens is 1760 g/mol. The fourth-order valence-electron chi connectivity index (χ4n) is 23.5. The number of hydrogen-bond acceptors (Lipinski definition) is 9. The maximum absolute atomic E-state index is 5.27. The molecule has 15 nitrogen and oxygen atoms in total. The van der Waals surface area contributed by atoms with Crippen LogP contribution in [0.25, 0.3) is 299 Å². The molecule has 0 unspecified atom stereocenters. The second-order valence-corrected chi connectivity index (χ2v) is 37.5. The van der Waals surface area contributed by atoms with Gasteiger partial charge >= 0.3 is 0 Å². The quantitative estimate of drug-likeness (QED) is 0.159. The Hall–Kier alpha value is -19.8. The number of benzene rings is 18. The van der Waals surface area contributed by atoms with E-state index >= 15 is 0 Å². The molecule has 0 aliphatic carbocycles. The first-order valence-corrected chi connectivity index (χ1v) is 48.6. The van der Waals surface area contributed by atoms with E-state index in [0.717, 1.165) is 201 Å². The van der Waals surface area contributed by atoms with Crippen LogP contribution >= 0.6 is 0 Å². The normalized spacial score (nSPS) is 12.2. The topological polar surface area (TPSA) is 146 Å².